The minimum absolute atomic E-state index is 0.0693. The molecule has 35 heavy (non-hydrogen) atoms. The maximum atomic E-state index is 13.4. The van der Waals surface area contributed by atoms with Crippen molar-refractivity contribution in [1.82, 2.24) is 4.72 Å². The third-order valence-corrected chi connectivity index (χ3v) is 8.13. The summed E-state index contributed by atoms with van der Waals surface area (Å²) in [6.45, 7) is 10.0. The Hall–Kier alpha value is -2.60. The number of rotatable bonds is 12. The van der Waals surface area contributed by atoms with Crippen molar-refractivity contribution in [2.75, 3.05) is 0 Å². The second-order valence-electron chi connectivity index (χ2n) is 9.96. The van der Waals surface area contributed by atoms with Gasteiger partial charge in [-0.05, 0) is 43.0 Å². The van der Waals surface area contributed by atoms with Crippen molar-refractivity contribution in [3.8, 4) is 0 Å². The van der Waals surface area contributed by atoms with Crippen LogP contribution in [0.2, 0.25) is 13.1 Å². The van der Waals surface area contributed by atoms with Crippen LogP contribution < -0.4 is 4.72 Å². The second kappa shape index (κ2) is 11.4. The number of carbonyl (C=O) groups is 1. The quantitative estimate of drug-likeness (QED) is 0.243. The molecule has 0 bridgehead atoms. The number of nitrogens with one attached hydrogen (secondary N) is 1. The fraction of sp³-hybridized carbons (Fsp3) is 0.458. The van der Waals surface area contributed by atoms with Crippen LogP contribution in [-0.2, 0) is 25.7 Å². The van der Waals surface area contributed by atoms with Crippen LogP contribution in [-0.4, -0.2) is 45.1 Å². The predicted molar refractivity (Wildman–Crippen MR) is 136 cm³/mol. The molecule has 0 radical (unpaired) electrons. The van der Waals surface area contributed by atoms with Gasteiger partial charge >= 0.3 is 5.97 Å². The minimum Gasteiger partial charge on any atom is -0.480 e. The number of aliphatic carboxylic acids is 1. The summed E-state index contributed by atoms with van der Waals surface area (Å²) < 4.78 is 35.3. The molecular formula is C24H34N2O7SSi. The van der Waals surface area contributed by atoms with E-state index >= 15 is 0 Å². The molecule has 2 aromatic carbocycles. The van der Waals surface area contributed by atoms with Crippen molar-refractivity contribution in [3.63, 3.8) is 0 Å². The van der Waals surface area contributed by atoms with Gasteiger partial charge in [-0.1, -0.05) is 63.2 Å². The van der Waals surface area contributed by atoms with Crippen LogP contribution in [0.3, 0.4) is 0 Å². The lowest BCUT2D eigenvalue weighted by atomic mass is 9.81. The largest absolute Gasteiger partial charge is 0.480 e. The molecule has 11 heteroatoms. The minimum atomic E-state index is -4.57. The van der Waals surface area contributed by atoms with Crippen LogP contribution in [0.15, 0.2) is 59.5 Å². The molecule has 0 aromatic heterocycles. The van der Waals surface area contributed by atoms with Gasteiger partial charge < -0.3 is 9.53 Å². The lowest BCUT2D eigenvalue weighted by Crippen LogP contribution is -2.56. The lowest BCUT2D eigenvalue weighted by molar-refractivity contribution is -0.387. The number of hydrogen-bond donors (Lipinski definition) is 2. The van der Waals surface area contributed by atoms with Crippen molar-refractivity contribution in [2.45, 2.75) is 69.7 Å². The molecule has 0 saturated carbocycles. The predicted octanol–water partition coefficient (Wildman–Crippen LogP) is 4.13. The Bertz CT molecular complexity index is 1130. The Morgan fingerprint density at radius 2 is 1.69 bits per heavy atom. The van der Waals surface area contributed by atoms with Gasteiger partial charge in [-0.15, -0.1) is 0 Å². The maximum Gasteiger partial charge on any atom is 0.325 e. The third-order valence-electron chi connectivity index (χ3n) is 5.67. The number of nitro groups is 1. The number of para-hydroxylation sites is 1. The first kappa shape index (κ1) is 28.6. The van der Waals surface area contributed by atoms with E-state index in [1.807, 2.05) is 33.9 Å². The number of sulfonamides is 1. The molecule has 0 aliphatic rings. The topological polar surface area (TPSA) is 136 Å². The summed E-state index contributed by atoms with van der Waals surface area (Å²) in [5.74, 6) is -1.36. The maximum absolute atomic E-state index is 13.4. The monoisotopic (exact) mass is 522 g/mol. The number of carboxylic acids is 1. The molecule has 9 nitrogen and oxygen atoms in total. The summed E-state index contributed by atoms with van der Waals surface area (Å²) in [6, 6.07) is 13.6. The highest BCUT2D eigenvalue weighted by atomic mass is 32.2. The molecule has 0 aliphatic carbocycles. The van der Waals surface area contributed by atoms with Crippen LogP contribution in [0, 0.1) is 15.5 Å². The van der Waals surface area contributed by atoms with E-state index in [-0.39, 0.29) is 30.8 Å². The zero-order valence-corrected chi connectivity index (χ0v) is 22.7. The van der Waals surface area contributed by atoms with E-state index in [0.29, 0.717) is 5.56 Å². The van der Waals surface area contributed by atoms with Gasteiger partial charge in [-0.3, -0.25) is 14.9 Å². The number of benzene rings is 2. The fourth-order valence-corrected chi connectivity index (χ4v) is 6.67. The highest BCUT2D eigenvalue weighted by Crippen LogP contribution is 2.32. The summed E-state index contributed by atoms with van der Waals surface area (Å²) in [7, 11) is -6.05. The van der Waals surface area contributed by atoms with E-state index in [2.05, 4.69) is 4.72 Å². The van der Waals surface area contributed by atoms with E-state index in [0.717, 1.165) is 12.1 Å². The van der Waals surface area contributed by atoms with Crippen molar-refractivity contribution in [3.05, 3.63) is 70.3 Å². The van der Waals surface area contributed by atoms with Crippen LogP contribution >= 0.6 is 0 Å². The summed E-state index contributed by atoms with van der Waals surface area (Å²) in [5.41, 5.74) is -2.26. The number of nitro benzene ring substituents is 1. The van der Waals surface area contributed by atoms with Gasteiger partial charge in [-0.25, -0.2) is 8.42 Å². The van der Waals surface area contributed by atoms with Crippen LogP contribution in [0.4, 0.5) is 5.69 Å². The zero-order valence-electron chi connectivity index (χ0n) is 20.7. The average Bonchev–Trinajstić information content (AvgIpc) is 2.75. The average molecular weight is 523 g/mol. The van der Waals surface area contributed by atoms with Crippen LogP contribution in [0.25, 0.3) is 0 Å². The molecular weight excluding hydrogens is 488 g/mol. The lowest BCUT2D eigenvalue weighted by Gasteiger charge is -2.36. The highest BCUT2D eigenvalue weighted by Gasteiger charge is 2.45. The zero-order chi connectivity index (χ0) is 26.4. The van der Waals surface area contributed by atoms with E-state index < -0.39 is 46.1 Å². The van der Waals surface area contributed by atoms with Crippen molar-refractivity contribution in [1.29, 1.82) is 0 Å². The van der Waals surface area contributed by atoms with Gasteiger partial charge in [0.1, 0.15) is 5.54 Å². The Kier molecular flexibility index (Phi) is 9.34. The summed E-state index contributed by atoms with van der Waals surface area (Å²) in [5, 5.41) is 21.8. The fourth-order valence-electron chi connectivity index (χ4n) is 3.90. The van der Waals surface area contributed by atoms with Crippen molar-refractivity contribution < 1.29 is 27.7 Å². The van der Waals surface area contributed by atoms with E-state index in [1.54, 1.807) is 30.3 Å². The van der Waals surface area contributed by atoms with Crippen molar-refractivity contribution >= 4 is 30.7 Å². The molecule has 192 valence electrons. The highest BCUT2D eigenvalue weighted by molar-refractivity contribution is 7.89. The molecule has 2 aromatic rings. The molecule has 2 atom stereocenters. The van der Waals surface area contributed by atoms with E-state index in [1.165, 1.54) is 12.1 Å². The number of hydrogen-bond acceptors (Lipinski definition) is 6. The van der Waals surface area contributed by atoms with E-state index in [4.69, 9.17) is 4.43 Å². The Labute approximate surface area is 208 Å². The third kappa shape index (κ3) is 7.69. The molecule has 2 rings (SSSR count). The molecule has 0 saturated heterocycles. The van der Waals surface area contributed by atoms with Crippen LogP contribution in [0.5, 0.6) is 0 Å². The summed E-state index contributed by atoms with van der Waals surface area (Å²) >= 11 is 0. The van der Waals surface area contributed by atoms with Crippen LogP contribution in [0.1, 0.15) is 39.2 Å². The first-order valence-electron chi connectivity index (χ1n) is 11.4. The molecule has 0 spiro atoms. The molecule has 0 heterocycles. The second-order valence-corrected chi connectivity index (χ2v) is 14.0. The number of nitrogens with zero attached hydrogens (tertiary/aromatic N) is 1. The summed E-state index contributed by atoms with van der Waals surface area (Å²) in [4.78, 5) is 22.8. The molecule has 1 unspecified atom stereocenters. The van der Waals surface area contributed by atoms with Gasteiger partial charge in [0.05, 0.1) is 4.92 Å². The molecule has 0 amide bonds. The van der Waals surface area contributed by atoms with Crippen molar-refractivity contribution in [2.24, 2.45) is 5.41 Å². The smallest absolute Gasteiger partial charge is 0.325 e. The van der Waals surface area contributed by atoms with Gasteiger partial charge in [0.25, 0.3) is 5.69 Å². The standard InChI is InChI=1S/C24H34N2O7SSi/c1-23(2,3)21(33-35(4)5)15-16-24(22(27)28,17-18-11-7-6-8-12-18)25-34(31,32)20-14-10-9-13-19(20)26(29)30/h6-14,21,25,35H,15-17H2,1-5H3,(H,27,28)/t21?,24-/m1/s1. The Morgan fingerprint density at radius 1 is 1.11 bits per heavy atom. The van der Waals surface area contributed by atoms with Gasteiger partial charge in [0, 0.05) is 18.6 Å². The van der Waals surface area contributed by atoms with Gasteiger partial charge in [-0.2, -0.15) is 4.72 Å². The van der Waals surface area contributed by atoms with Gasteiger partial charge in [0.15, 0.2) is 13.9 Å². The first-order chi connectivity index (χ1) is 16.2. The molecule has 0 fully saturated rings. The Balaban J connectivity index is 2.56. The number of carboxylic acid groups (broad SMARTS) is 1. The van der Waals surface area contributed by atoms with E-state index in [9.17, 15) is 28.4 Å². The molecule has 0 aliphatic heterocycles. The summed E-state index contributed by atoms with van der Waals surface area (Å²) in [6.07, 6.45) is -0.217. The first-order valence-corrected chi connectivity index (χ1v) is 15.6. The SMILES string of the molecule is C[SiH](C)OC(CC[C@](Cc1ccccc1)(NS(=O)(=O)c1ccccc1[N+](=O)[O-])C(=O)O)C(C)(C)C. The Morgan fingerprint density at radius 3 is 2.20 bits per heavy atom. The van der Waals surface area contributed by atoms with Gasteiger partial charge in [0.2, 0.25) is 10.0 Å². The normalized spacial score (nSPS) is 14.9. The molecule has 2 N–H and O–H groups in total.